The maximum absolute atomic E-state index is 13.4. The van der Waals surface area contributed by atoms with Gasteiger partial charge in [-0.25, -0.2) is 9.78 Å². The Hall–Kier alpha value is -2.53. The van der Waals surface area contributed by atoms with Crippen molar-refractivity contribution < 1.29 is 23.8 Å². The van der Waals surface area contributed by atoms with E-state index >= 15 is 0 Å². The van der Waals surface area contributed by atoms with Crippen molar-refractivity contribution >= 4 is 23.1 Å². The number of aliphatic hydroxyl groups is 1. The molecule has 2 aromatic heterocycles. The highest BCUT2D eigenvalue weighted by atomic mass is 19.1. The van der Waals surface area contributed by atoms with E-state index in [1.807, 2.05) is 0 Å². The second kappa shape index (κ2) is 5.83. The fraction of sp³-hybridized carbons (Fsp3) is 0.538. The zero-order chi connectivity index (χ0) is 17.5. The Morgan fingerprint density at radius 1 is 1.67 bits per heavy atom. The van der Waals surface area contributed by atoms with E-state index in [1.165, 1.54) is 17.9 Å². The quantitative estimate of drug-likeness (QED) is 0.661. The average molecular weight is 340 g/mol. The fourth-order valence-electron chi connectivity index (χ4n) is 2.58. The van der Waals surface area contributed by atoms with Gasteiger partial charge in [0.2, 0.25) is 0 Å². The van der Waals surface area contributed by atoms with Gasteiger partial charge in [-0.1, -0.05) is 0 Å². The predicted octanol–water partition coefficient (Wildman–Crippen LogP) is -0.0579. The molecule has 0 aliphatic carbocycles. The van der Waals surface area contributed by atoms with Gasteiger partial charge in [0.05, 0.1) is 12.4 Å². The average Bonchev–Trinajstić information content (AvgIpc) is 3.07. The van der Waals surface area contributed by atoms with Crippen molar-refractivity contribution in [3.05, 3.63) is 12.4 Å². The minimum Gasteiger partial charge on any atom is -0.446 e. The number of rotatable bonds is 3. The highest BCUT2D eigenvalue weighted by molar-refractivity contribution is 5.81. The molecule has 24 heavy (non-hydrogen) atoms. The summed E-state index contributed by atoms with van der Waals surface area (Å²) in [6.07, 6.45) is -1.62. The number of aliphatic hydroxyl groups excluding tert-OH is 1. The number of aromatic nitrogens is 4. The van der Waals surface area contributed by atoms with Gasteiger partial charge in [-0.2, -0.15) is 14.4 Å². The summed E-state index contributed by atoms with van der Waals surface area (Å²) in [5.41, 5.74) is 4.91. The van der Waals surface area contributed by atoms with Crippen LogP contribution < -0.4 is 11.1 Å². The molecule has 0 bridgehead atoms. The molecule has 3 heterocycles. The third-order valence-corrected chi connectivity index (χ3v) is 3.96. The Labute approximate surface area is 135 Å². The number of imidazole rings is 1. The van der Waals surface area contributed by atoms with Crippen LogP contribution >= 0.6 is 0 Å². The number of nitrogens with zero attached hydrogens (tertiary/aromatic N) is 4. The van der Waals surface area contributed by atoms with Gasteiger partial charge in [0, 0.05) is 13.5 Å². The van der Waals surface area contributed by atoms with E-state index in [1.54, 1.807) is 6.92 Å². The second-order valence-electron chi connectivity index (χ2n) is 5.66. The number of nitrogen functional groups attached to an aromatic ring is 1. The van der Waals surface area contributed by atoms with Crippen LogP contribution in [0.4, 0.5) is 15.0 Å². The maximum atomic E-state index is 13.4. The lowest BCUT2D eigenvalue weighted by atomic mass is 10.0. The molecule has 11 heteroatoms. The molecular weight excluding hydrogens is 323 g/mol. The Kier molecular flexibility index (Phi) is 3.97. The highest BCUT2D eigenvalue weighted by Gasteiger charge is 2.46. The number of amides is 1. The van der Waals surface area contributed by atoms with E-state index in [9.17, 15) is 14.3 Å². The van der Waals surface area contributed by atoms with Crippen molar-refractivity contribution in [1.82, 2.24) is 24.8 Å². The van der Waals surface area contributed by atoms with E-state index in [0.29, 0.717) is 0 Å². The van der Waals surface area contributed by atoms with Crippen LogP contribution in [0.2, 0.25) is 0 Å². The molecule has 1 saturated heterocycles. The number of halogens is 1. The number of alkyl carbamates (subject to hydrolysis) is 1. The Morgan fingerprint density at radius 2 is 2.42 bits per heavy atom. The van der Waals surface area contributed by atoms with Crippen LogP contribution in [0.5, 0.6) is 0 Å². The predicted molar refractivity (Wildman–Crippen MR) is 79.3 cm³/mol. The van der Waals surface area contributed by atoms with Crippen molar-refractivity contribution in [3.8, 4) is 0 Å². The molecule has 0 spiro atoms. The van der Waals surface area contributed by atoms with Gasteiger partial charge in [0.25, 0.3) is 0 Å². The molecular formula is C13H17FN6O4. The van der Waals surface area contributed by atoms with Gasteiger partial charge >= 0.3 is 12.2 Å². The summed E-state index contributed by atoms with van der Waals surface area (Å²) in [4.78, 5) is 22.4. The SMILES string of the molecule is CNC(=O)OC[C@@]1(C)O[C@@H](n2cnc3c(N)nc(F)nc32)C[C@@H]1O. The molecule has 1 aliphatic rings. The van der Waals surface area contributed by atoms with Gasteiger partial charge < -0.3 is 25.6 Å². The molecule has 3 rings (SSSR count). The van der Waals surface area contributed by atoms with Crippen molar-refractivity contribution in [2.45, 2.75) is 31.3 Å². The first-order valence-electron chi connectivity index (χ1n) is 7.20. The van der Waals surface area contributed by atoms with Gasteiger partial charge in [-0.05, 0) is 6.92 Å². The van der Waals surface area contributed by atoms with E-state index in [-0.39, 0.29) is 30.0 Å². The van der Waals surface area contributed by atoms with Crippen molar-refractivity contribution in [2.75, 3.05) is 19.4 Å². The summed E-state index contributed by atoms with van der Waals surface area (Å²) in [5.74, 6) is -0.0829. The van der Waals surface area contributed by atoms with Gasteiger partial charge in [0.15, 0.2) is 17.0 Å². The fourth-order valence-corrected chi connectivity index (χ4v) is 2.58. The molecule has 4 N–H and O–H groups in total. The molecule has 10 nitrogen and oxygen atoms in total. The maximum Gasteiger partial charge on any atom is 0.406 e. The van der Waals surface area contributed by atoms with Gasteiger partial charge in [-0.15, -0.1) is 0 Å². The van der Waals surface area contributed by atoms with Crippen LogP contribution in [-0.4, -0.2) is 56.1 Å². The molecule has 0 radical (unpaired) electrons. The zero-order valence-corrected chi connectivity index (χ0v) is 13.1. The number of nitrogens with one attached hydrogen (secondary N) is 1. The minimum atomic E-state index is -1.12. The Bertz CT molecular complexity index is 783. The van der Waals surface area contributed by atoms with Gasteiger partial charge in [-0.3, -0.25) is 4.57 Å². The largest absolute Gasteiger partial charge is 0.446 e. The van der Waals surface area contributed by atoms with Crippen LogP contribution in [0.15, 0.2) is 6.33 Å². The first-order chi connectivity index (χ1) is 11.3. The first-order valence-corrected chi connectivity index (χ1v) is 7.20. The van der Waals surface area contributed by atoms with Crippen molar-refractivity contribution in [3.63, 3.8) is 0 Å². The summed E-state index contributed by atoms with van der Waals surface area (Å²) in [6.45, 7) is 1.46. The van der Waals surface area contributed by atoms with Crippen LogP contribution in [-0.2, 0) is 9.47 Å². The highest BCUT2D eigenvalue weighted by Crippen LogP contribution is 2.38. The molecule has 130 valence electrons. The number of carbonyl (C=O) groups is 1. The third-order valence-electron chi connectivity index (χ3n) is 3.96. The van der Waals surface area contributed by atoms with Crippen LogP contribution in [0, 0.1) is 6.08 Å². The summed E-state index contributed by atoms with van der Waals surface area (Å²) in [7, 11) is 1.43. The minimum absolute atomic E-state index is 0.0829. The molecule has 3 atom stereocenters. The summed E-state index contributed by atoms with van der Waals surface area (Å²) in [5, 5.41) is 12.6. The lowest BCUT2D eigenvalue weighted by Gasteiger charge is -2.27. The number of nitrogens with two attached hydrogens (primary N) is 1. The van der Waals surface area contributed by atoms with Crippen LogP contribution in [0.3, 0.4) is 0 Å². The smallest absolute Gasteiger partial charge is 0.406 e. The molecule has 2 aromatic rings. The standard InChI is InChI=1S/C13H17FN6O4/c1-13(4-23-12(22)16-2)6(21)3-7(24-13)20-5-17-8-9(15)18-11(14)19-10(8)20/h5-7,21H,3-4H2,1-2H3,(H,16,22)(H2,15,18,19)/t6-,7+,13+/m0/s1. The lowest BCUT2D eigenvalue weighted by molar-refractivity contribution is -0.116. The third kappa shape index (κ3) is 2.71. The van der Waals surface area contributed by atoms with E-state index in [0.717, 1.165) is 0 Å². The number of fused-ring (bicyclic) bond motifs is 1. The molecule has 0 aromatic carbocycles. The topological polar surface area (TPSA) is 137 Å². The summed E-state index contributed by atoms with van der Waals surface area (Å²) < 4.78 is 25.7. The van der Waals surface area contributed by atoms with E-state index < -0.39 is 30.1 Å². The normalized spacial score (nSPS) is 26.7. The van der Waals surface area contributed by atoms with E-state index in [4.69, 9.17) is 15.2 Å². The van der Waals surface area contributed by atoms with Crippen molar-refractivity contribution in [1.29, 1.82) is 0 Å². The monoisotopic (exact) mass is 340 g/mol. The Balaban J connectivity index is 1.86. The van der Waals surface area contributed by atoms with Crippen LogP contribution in [0.25, 0.3) is 11.2 Å². The second-order valence-corrected chi connectivity index (χ2v) is 5.66. The number of hydrogen-bond acceptors (Lipinski definition) is 8. The summed E-state index contributed by atoms with van der Waals surface area (Å²) >= 11 is 0. The first kappa shape index (κ1) is 16.3. The molecule has 1 amide bonds. The van der Waals surface area contributed by atoms with E-state index in [2.05, 4.69) is 20.3 Å². The molecule has 1 aliphatic heterocycles. The number of anilines is 1. The zero-order valence-electron chi connectivity index (χ0n) is 13.1. The molecule has 0 unspecified atom stereocenters. The number of carbonyl (C=O) groups excluding carboxylic acids is 1. The van der Waals surface area contributed by atoms with Crippen LogP contribution in [0.1, 0.15) is 19.6 Å². The lowest BCUT2D eigenvalue weighted by Crippen LogP contribution is -2.42. The van der Waals surface area contributed by atoms with Gasteiger partial charge in [0.1, 0.15) is 18.4 Å². The summed E-state index contributed by atoms with van der Waals surface area (Å²) in [6, 6.07) is 0. The van der Waals surface area contributed by atoms with Crippen molar-refractivity contribution in [2.24, 2.45) is 0 Å². The molecule has 0 saturated carbocycles. The number of hydrogen-bond donors (Lipinski definition) is 3. The number of ether oxygens (including phenoxy) is 2. The Morgan fingerprint density at radius 3 is 3.12 bits per heavy atom. The molecule has 1 fully saturated rings.